The number of thioether (sulfide) groups is 1. The van der Waals surface area contributed by atoms with Crippen LogP contribution in [0.3, 0.4) is 0 Å². The Bertz CT molecular complexity index is 1370. The molecule has 0 spiro atoms. The number of carbonyl (C=O) groups is 2. The maximum absolute atomic E-state index is 13.3. The number of alkyl halides is 3. The molecule has 0 saturated carbocycles. The highest BCUT2D eigenvalue weighted by atomic mass is 32.2. The molecule has 3 aromatic rings. The van der Waals surface area contributed by atoms with Gasteiger partial charge in [-0.3, -0.25) is 14.5 Å². The Kier molecular flexibility index (Phi) is 8.06. The number of aliphatic imine (C=N–C) groups is 1. The van der Waals surface area contributed by atoms with Gasteiger partial charge in [-0.1, -0.05) is 54.2 Å². The van der Waals surface area contributed by atoms with Crippen molar-refractivity contribution in [2.24, 2.45) is 4.99 Å². The summed E-state index contributed by atoms with van der Waals surface area (Å²) in [5.74, 6) is -1.68. The van der Waals surface area contributed by atoms with Crippen molar-refractivity contribution in [3.8, 4) is 5.75 Å². The maximum atomic E-state index is 13.3. The van der Waals surface area contributed by atoms with Gasteiger partial charge in [0, 0.05) is 19.8 Å². The molecule has 1 aliphatic heterocycles. The van der Waals surface area contributed by atoms with Crippen molar-refractivity contribution in [2.75, 3.05) is 35.0 Å². The first-order valence-corrected chi connectivity index (χ1v) is 12.3. The van der Waals surface area contributed by atoms with Gasteiger partial charge in [-0.15, -0.1) is 13.2 Å². The molecule has 0 unspecified atom stereocenters. The molecule has 0 fully saturated rings. The number of hydrogen-bond acceptors (Lipinski definition) is 6. The van der Waals surface area contributed by atoms with Crippen LogP contribution < -0.4 is 19.9 Å². The Morgan fingerprint density at radius 1 is 1.03 bits per heavy atom. The summed E-state index contributed by atoms with van der Waals surface area (Å²) >= 11 is 0.990. The van der Waals surface area contributed by atoms with Crippen LogP contribution in [0.5, 0.6) is 5.75 Å². The topological polar surface area (TPSA) is 74.2 Å². The summed E-state index contributed by atoms with van der Waals surface area (Å²) in [5, 5.41) is 2.70. The summed E-state index contributed by atoms with van der Waals surface area (Å²) in [7, 11) is 3.86. The van der Waals surface area contributed by atoms with E-state index in [2.05, 4.69) is 15.0 Å². The van der Waals surface area contributed by atoms with Crippen LogP contribution in [0.25, 0.3) is 6.08 Å². The Hall–Kier alpha value is -4.25. The summed E-state index contributed by atoms with van der Waals surface area (Å²) in [5.41, 5.74) is 2.42. The molecule has 1 N–H and O–H groups in total. The first-order valence-electron chi connectivity index (χ1n) is 11.4. The largest absolute Gasteiger partial charge is 0.573 e. The first kappa shape index (κ1) is 26.8. The van der Waals surface area contributed by atoms with Gasteiger partial charge in [-0.05, 0) is 48.0 Å². The van der Waals surface area contributed by atoms with Gasteiger partial charge in [0.15, 0.2) is 10.9 Å². The van der Waals surface area contributed by atoms with E-state index in [9.17, 15) is 22.8 Å². The molecule has 0 aliphatic carbocycles. The molecular weight excluding hydrogens is 517 g/mol. The average Bonchev–Trinajstić information content (AvgIpc) is 3.18. The number of rotatable bonds is 7. The third kappa shape index (κ3) is 6.74. The number of hydrogen-bond donors (Lipinski definition) is 1. The average molecular weight is 541 g/mol. The highest BCUT2D eigenvalue weighted by molar-refractivity contribution is 8.14. The molecule has 4 rings (SSSR count). The van der Waals surface area contributed by atoms with E-state index in [1.54, 1.807) is 30.3 Å². The van der Waals surface area contributed by atoms with Crippen LogP contribution in [0.4, 0.5) is 30.2 Å². The second kappa shape index (κ2) is 11.4. The fourth-order valence-corrected chi connectivity index (χ4v) is 4.34. The van der Waals surface area contributed by atoms with Crippen LogP contribution in [0.2, 0.25) is 0 Å². The van der Waals surface area contributed by atoms with E-state index in [4.69, 9.17) is 0 Å². The number of nitrogens with zero attached hydrogens (tertiary/aromatic N) is 3. The molecular formula is C27H23F3N4O3S. The zero-order valence-corrected chi connectivity index (χ0v) is 21.2. The summed E-state index contributed by atoms with van der Waals surface area (Å²) < 4.78 is 42.1. The molecule has 38 heavy (non-hydrogen) atoms. The lowest BCUT2D eigenvalue weighted by molar-refractivity contribution is -0.274. The van der Waals surface area contributed by atoms with Crippen molar-refractivity contribution in [3.05, 3.63) is 90.1 Å². The van der Waals surface area contributed by atoms with Crippen LogP contribution in [0.15, 0.2) is 89.6 Å². The fraction of sp³-hybridized carbons (Fsp3) is 0.148. The molecule has 2 amide bonds. The first-order chi connectivity index (χ1) is 18.1. The Labute approximate surface area is 221 Å². The molecule has 0 bridgehead atoms. The highest BCUT2D eigenvalue weighted by Gasteiger charge is 2.33. The van der Waals surface area contributed by atoms with Crippen molar-refractivity contribution < 1.29 is 27.5 Å². The second-order valence-corrected chi connectivity index (χ2v) is 9.21. The third-order valence-electron chi connectivity index (χ3n) is 5.28. The van der Waals surface area contributed by atoms with E-state index in [0.29, 0.717) is 5.69 Å². The number of nitrogens with one attached hydrogen (secondary N) is 1. The van der Waals surface area contributed by atoms with Gasteiger partial charge in [0.05, 0.1) is 17.1 Å². The lowest BCUT2D eigenvalue weighted by Gasteiger charge is -2.18. The summed E-state index contributed by atoms with van der Waals surface area (Å²) in [4.78, 5) is 33.8. The number of benzene rings is 3. The minimum absolute atomic E-state index is 0.124. The van der Waals surface area contributed by atoms with Crippen molar-refractivity contribution in [3.63, 3.8) is 0 Å². The maximum Gasteiger partial charge on any atom is 0.573 e. The van der Waals surface area contributed by atoms with Crippen LogP contribution in [0.1, 0.15) is 5.56 Å². The van der Waals surface area contributed by atoms with Gasteiger partial charge in [0.25, 0.3) is 5.91 Å². The van der Waals surface area contributed by atoms with E-state index < -0.39 is 18.0 Å². The minimum Gasteiger partial charge on any atom is -0.404 e. The number of amidine groups is 1. The van der Waals surface area contributed by atoms with Crippen LogP contribution >= 0.6 is 11.8 Å². The van der Waals surface area contributed by atoms with Crippen molar-refractivity contribution in [2.45, 2.75) is 6.36 Å². The molecule has 196 valence electrons. The van der Waals surface area contributed by atoms with E-state index in [1.807, 2.05) is 49.3 Å². The van der Waals surface area contributed by atoms with Crippen LogP contribution in [-0.2, 0) is 9.59 Å². The standard InChI is InChI=1S/C27H23F3N4O3S/c1-33(2)19-14-12-18(13-15-19)16-22-25(36)34(20-8-4-3-5-9-20)26(32-22)38-17-24(35)31-21-10-6-7-11-23(21)37-27(28,29)30/h3-16H,17H2,1-2H3,(H,31,35). The zero-order valence-electron chi connectivity index (χ0n) is 20.4. The van der Waals surface area contributed by atoms with E-state index in [0.717, 1.165) is 29.1 Å². The monoisotopic (exact) mass is 540 g/mol. The van der Waals surface area contributed by atoms with Gasteiger partial charge >= 0.3 is 6.36 Å². The fourth-order valence-electron chi connectivity index (χ4n) is 3.52. The van der Waals surface area contributed by atoms with Crippen molar-refractivity contribution >= 4 is 51.9 Å². The summed E-state index contributed by atoms with van der Waals surface area (Å²) in [6.07, 6.45) is -3.24. The molecule has 3 aromatic carbocycles. The van der Waals surface area contributed by atoms with Crippen LogP contribution in [-0.4, -0.2) is 43.2 Å². The molecule has 0 saturated heterocycles. The predicted molar refractivity (Wildman–Crippen MR) is 144 cm³/mol. The SMILES string of the molecule is CN(C)c1ccc(C=C2N=C(SCC(=O)Nc3ccccc3OC(F)(F)F)N(c3ccccc3)C2=O)cc1. The summed E-state index contributed by atoms with van der Waals surface area (Å²) in [6, 6.07) is 21.7. The highest BCUT2D eigenvalue weighted by Crippen LogP contribution is 2.32. The second-order valence-electron chi connectivity index (χ2n) is 8.27. The van der Waals surface area contributed by atoms with Crippen molar-refractivity contribution in [1.29, 1.82) is 0 Å². The van der Waals surface area contributed by atoms with Gasteiger partial charge in [-0.25, -0.2) is 4.99 Å². The number of ether oxygens (including phenoxy) is 1. The minimum atomic E-state index is -4.90. The van der Waals surface area contributed by atoms with Crippen molar-refractivity contribution in [1.82, 2.24) is 0 Å². The normalized spacial score (nSPS) is 14.4. The Balaban J connectivity index is 1.53. The van der Waals surface area contributed by atoms with E-state index in [-0.39, 0.29) is 28.2 Å². The quantitative estimate of drug-likeness (QED) is 0.386. The zero-order chi connectivity index (χ0) is 27.3. The molecule has 0 radical (unpaired) electrons. The van der Waals surface area contributed by atoms with Gasteiger partial charge in [0.1, 0.15) is 5.70 Å². The molecule has 7 nitrogen and oxygen atoms in total. The smallest absolute Gasteiger partial charge is 0.404 e. The molecule has 0 aromatic heterocycles. The van der Waals surface area contributed by atoms with Gasteiger partial charge in [-0.2, -0.15) is 0 Å². The number of para-hydroxylation sites is 3. The summed E-state index contributed by atoms with van der Waals surface area (Å²) in [6.45, 7) is 0. The Morgan fingerprint density at radius 2 is 1.68 bits per heavy atom. The molecule has 0 atom stereocenters. The lowest BCUT2D eigenvalue weighted by Crippen LogP contribution is -2.31. The lowest BCUT2D eigenvalue weighted by atomic mass is 10.1. The van der Waals surface area contributed by atoms with E-state index in [1.165, 1.54) is 23.1 Å². The molecule has 1 aliphatic rings. The number of amides is 2. The Morgan fingerprint density at radius 3 is 2.34 bits per heavy atom. The third-order valence-corrected chi connectivity index (χ3v) is 6.21. The number of halogens is 3. The predicted octanol–water partition coefficient (Wildman–Crippen LogP) is 5.77. The van der Waals surface area contributed by atoms with Gasteiger partial charge < -0.3 is 15.0 Å². The van der Waals surface area contributed by atoms with Gasteiger partial charge in [0.2, 0.25) is 5.91 Å². The number of anilines is 3. The van der Waals surface area contributed by atoms with E-state index >= 15 is 0 Å². The molecule has 11 heteroatoms. The van der Waals surface area contributed by atoms with Crippen LogP contribution in [0, 0.1) is 0 Å². The number of carbonyl (C=O) groups excluding carboxylic acids is 2. The molecule has 1 heterocycles.